The van der Waals surface area contributed by atoms with Crippen molar-refractivity contribution in [3.63, 3.8) is 0 Å². The Bertz CT molecular complexity index is 1150. The summed E-state index contributed by atoms with van der Waals surface area (Å²) in [5, 5.41) is 12.1. The van der Waals surface area contributed by atoms with Gasteiger partial charge in [-0.2, -0.15) is 10.2 Å². The van der Waals surface area contributed by atoms with Gasteiger partial charge in [-0.05, 0) is 51.3 Å². The van der Waals surface area contributed by atoms with E-state index in [1.54, 1.807) is 34.0 Å². The zero-order valence-electron chi connectivity index (χ0n) is 15.3. The molecule has 0 spiro atoms. The molecule has 0 saturated carbocycles. The minimum Gasteiger partial charge on any atom is -0.319 e. The molecule has 1 N–H and O–H groups in total. The van der Waals surface area contributed by atoms with Crippen LogP contribution < -0.4 is 5.32 Å². The van der Waals surface area contributed by atoms with Gasteiger partial charge >= 0.3 is 0 Å². The molecule has 2 aromatic heterocycles. The molecule has 146 valence electrons. The number of carbonyl (C=O) groups is 1. The van der Waals surface area contributed by atoms with Crippen LogP contribution in [0, 0.1) is 0 Å². The second-order valence-corrected chi connectivity index (χ2v) is 7.92. The van der Waals surface area contributed by atoms with Crippen molar-refractivity contribution in [2.45, 2.75) is 13.1 Å². The molecule has 0 aliphatic carbocycles. The highest BCUT2D eigenvalue weighted by atomic mass is 79.9. The van der Waals surface area contributed by atoms with Gasteiger partial charge in [-0.1, -0.05) is 35.9 Å². The quantitative estimate of drug-likeness (QED) is 0.438. The van der Waals surface area contributed by atoms with Crippen LogP contribution in [0.2, 0.25) is 5.02 Å². The van der Waals surface area contributed by atoms with Gasteiger partial charge in [-0.3, -0.25) is 14.2 Å². The van der Waals surface area contributed by atoms with Gasteiger partial charge in [-0.25, -0.2) is 0 Å². The lowest BCUT2D eigenvalue weighted by Gasteiger charge is -2.06. The molecule has 29 heavy (non-hydrogen) atoms. The molecule has 2 heterocycles. The van der Waals surface area contributed by atoms with E-state index in [0.29, 0.717) is 29.4 Å². The van der Waals surface area contributed by atoms with Crippen molar-refractivity contribution >= 4 is 39.1 Å². The topological polar surface area (TPSA) is 64.7 Å². The Morgan fingerprint density at radius 1 is 0.966 bits per heavy atom. The molecule has 6 nitrogen and oxygen atoms in total. The molecule has 0 aliphatic heterocycles. The van der Waals surface area contributed by atoms with Gasteiger partial charge in [0.1, 0.15) is 0 Å². The monoisotopic (exact) mass is 469 g/mol. The number of nitrogens with one attached hydrogen (secondary N) is 1. The van der Waals surface area contributed by atoms with Gasteiger partial charge in [-0.15, -0.1) is 0 Å². The average Bonchev–Trinajstić information content (AvgIpc) is 3.30. The fourth-order valence-corrected chi connectivity index (χ4v) is 3.50. The minimum atomic E-state index is -0.184. The first-order valence-corrected chi connectivity index (χ1v) is 10.1. The minimum absolute atomic E-state index is 0.184. The predicted octanol–water partition coefficient (Wildman–Crippen LogP) is 4.84. The molecule has 0 atom stereocenters. The third-order valence-electron chi connectivity index (χ3n) is 4.26. The number of amides is 1. The number of nitrogens with zero attached hydrogens (tertiary/aromatic N) is 4. The molecule has 0 unspecified atom stereocenters. The van der Waals surface area contributed by atoms with Gasteiger partial charge in [0, 0.05) is 23.0 Å². The summed E-state index contributed by atoms with van der Waals surface area (Å²) >= 11 is 9.41. The van der Waals surface area contributed by atoms with Gasteiger partial charge in [0.25, 0.3) is 5.91 Å². The largest absolute Gasteiger partial charge is 0.319 e. The summed E-state index contributed by atoms with van der Waals surface area (Å²) in [5.41, 5.74) is 3.25. The van der Waals surface area contributed by atoms with Crippen LogP contribution >= 0.6 is 27.5 Å². The maximum Gasteiger partial charge on any atom is 0.255 e. The molecule has 0 fully saturated rings. The molecule has 0 bridgehead atoms. The highest BCUT2D eigenvalue weighted by Gasteiger charge is 2.09. The zero-order valence-corrected chi connectivity index (χ0v) is 17.6. The highest BCUT2D eigenvalue weighted by molar-refractivity contribution is 9.10. The molecule has 0 radical (unpaired) electrons. The van der Waals surface area contributed by atoms with E-state index in [1.165, 1.54) is 0 Å². The molecule has 0 saturated heterocycles. The van der Waals surface area contributed by atoms with Crippen molar-refractivity contribution in [2.75, 3.05) is 5.32 Å². The summed E-state index contributed by atoms with van der Waals surface area (Å²) in [6, 6.07) is 15.1. The van der Waals surface area contributed by atoms with Crippen molar-refractivity contribution in [3.8, 4) is 0 Å². The smallest absolute Gasteiger partial charge is 0.255 e. The number of aromatic nitrogens is 4. The summed E-state index contributed by atoms with van der Waals surface area (Å²) < 4.78 is 4.48. The number of hydrogen-bond donors (Lipinski definition) is 1. The van der Waals surface area contributed by atoms with Crippen molar-refractivity contribution < 1.29 is 4.79 Å². The average molecular weight is 471 g/mol. The van der Waals surface area contributed by atoms with E-state index in [9.17, 15) is 4.79 Å². The van der Waals surface area contributed by atoms with Gasteiger partial charge in [0.05, 0.1) is 35.6 Å². The molecule has 0 aliphatic rings. The summed E-state index contributed by atoms with van der Waals surface area (Å²) in [4.78, 5) is 12.6. The normalized spacial score (nSPS) is 10.8. The Kier molecular flexibility index (Phi) is 5.78. The lowest BCUT2D eigenvalue weighted by atomic mass is 10.1. The molecule has 1 amide bonds. The van der Waals surface area contributed by atoms with E-state index in [-0.39, 0.29) is 5.91 Å². The van der Waals surface area contributed by atoms with E-state index >= 15 is 0 Å². The van der Waals surface area contributed by atoms with Gasteiger partial charge in [0.2, 0.25) is 0 Å². The maximum atomic E-state index is 12.6. The van der Waals surface area contributed by atoms with E-state index in [1.807, 2.05) is 48.7 Å². The third kappa shape index (κ3) is 5.13. The molecule has 8 heteroatoms. The second-order valence-electron chi connectivity index (χ2n) is 6.57. The second kappa shape index (κ2) is 8.63. The molecular weight excluding hydrogens is 454 g/mol. The lowest BCUT2D eigenvalue weighted by Crippen LogP contribution is -2.12. The van der Waals surface area contributed by atoms with Crippen LogP contribution in [0.4, 0.5) is 5.69 Å². The maximum absolute atomic E-state index is 12.6. The number of halogens is 2. The van der Waals surface area contributed by atoms with Crippen molar-refractivity contribution in [3.05, 3.63) is 99.5 Å². The van der Waals surface area contributed by atoms with Gasteiger partial charge < -0.3 is 5.32 Å². The predicted molar refractivity (Wildman–Crippen MR) is 116 cm³/mol. The Hall–Kier alpha value is -2.90. The fraction of sp³-hybridized carbons (Fsp3) is 0.0952. The summed E-state index contributed by atoms with van der Waals surface area (Å²) in [6.45, 7) is 1.16. The van der Waals surface area contributed by atoms with E-state index < -0.39 is 0 Å². The first-order chi connectivity index (χ1) is 14.0. The first-order valence-electron chi connectivity index (χ1n) is 8.90. The fourth-order valence-electron chi connectivity index (χ4n) is 2.96. The van der Waals surface area contributed by atoms with Crippen molar-refractivity contribution in [1.82, 2.24) is 19.6 Å². The van der Waals surface area contributed by atoms with Crippen LogP contribution in [0.3, 0.4) is 0 Å². The van der Waals surface area contributed by atoms with Crippen LogP contribution in [0.25, 0.3) is 0 Å². The molecular formula is C21H17BrClN5O. The molecule has 4 rings (SSSR count). The Morgan fingerprint density at radius 2 is 1.66 bits per heavy atom. The van der Waals surface area contributed by atoms with E-state index in [4.69, 9.17) is 11.6 Å². The molecule has 2 aromatic carbocycles. The third-order valence-corrected chi connectivity index (χ3v) is 4.90. The first kappa shape index (κ1) is 19.4. The Labute approximate surface area is 181 Å². The van der Waals surface area contributed by atoms with Crippen molar-refractivity contribution in [2.24, 2.45) is 0 Å². The van der Waals surface area contributed by atoms with Gasteiger partial charge in [0.15, 0.2) is 0 Å². The van der Waals surface area contributed by atoms with Crippen LogP contribution in [0.5, 0.6) is 0 Å². The Balaban J connectivity index is 1.42. The van der Waals surface area contributed by atoms with Crippen LogP contribution in [-0.2, 0) is 13.1 Å². The Morgan fingerprint density at radius 3 is 2.38 bits per heavy atom. The standard InChI is InChI=1S/C21H17BrClN5O/c22-18-9-24-27(13-18)11-15-3-1-5-17(7-15)21(29)26-20-10-25-28(14-20)12-16-4-2-6-19(23)8-16/h1-10,13-14H,11-12H2,(H,26,29). The van der Waals surface area contributed by atoms with Crippen LogP contribution in [0.1, 0.15) is 21.5 Å². The summed E-state index contributed by atoms with van der Waals surface area (Å²) in [5.74, 6) is -0.184. The van der Waals surface area contributed by atoms with Crippen LogP contribution in [-0.4, -0.2) is 25.5 Å². The number of hydrogen-bond acceptors (Lipinski definition) is 3. The van der Waals surface area contributed by atoms with E-state index in [2.05, 4.69) is 31.4 Å². The van der Waals surface area contributed by atoms with Crippen molar-refractivity contribution in [1.29, 1.82) is 0 Å². The van der Waals surface area contributed by atoms with Crippen LogP contribution in [0.15, 0.2) is 77.8 Å². The SMILES string of the molecule is O=C(Nc1cnn(Cc2cccc(Cl)c2)c1)c1cccc(Cn2cc(Br)cn2)c1. The number of carbonyl (C=O) groups excluding carboxylic acids is 1. The molecule has 4 aromatic rings. The lowest BCUT2D eigenvalue weighted by molar-refractivity contribution is 0.102. The number of rotatable bonds is 6. The van der Waals surface area contributed by atoms with E-state index in [0.717, 1.165) is 15.6 Å². The number of benzene rings is 2. The summed E-state index contributed by atoms with van der Waals surface area (Å²) in [7, 11) is 0. The highest BCUT2D eigenvalue weighted by Crippen LogP contribution is 2.15. The number of anilines is 1. The zero-order chi connectivity index (χ0) is 20.2. The summed E-state index contributed by atoms with van der Waals surface area (Å²) in [6.07, 6.45) is 7.05.